The van der Waals surface area contributed by atoms with Crippen molar-refractivity contribution in [2.75, 3.05) is 20.2 Å². The molecule has 0 radical (unpaired) electrons. The van der Waals surface area contributed by atoms with E-state index in [1.807, 2.05) is 0 Å². The second-order valence-electron chi connectivity index (χ2n) is 5.15. The van der Waals surface area contributed by atoms with E-state index >= 15 is 0 Å². The maximum atomic E-state index is 11.6. The molecule has 1 aliphatic rings. The molecule has 1 fully saturated rings. The summed E-state index contributed by atoms with van der Waals surface area (Å²) in [7, 11) is 1.46. The minimum atomic E-state index is -0.101. The van der Waals surface area contributed by atoms with E-state index in [1.54, 1.807) is 0 Å². The number of benzene rings is 1. The molecular formula is C15H21NO2. The summed E-state index contributed by atoms with van der Waals surface area (Å²) >= 11 is 0. The molecule has 0 spiro atoms. The highest BCUT2D eigenvalue weighted by molar-refractivity contribution is 5.72. The smallest absolute Gasteiger partial charge is 0.309 e. The van der Waals surface area contributed by atoms with Crippen LogP contribution in [0.4, 0.5) is 0 Å². The van der Waals surface area contributed by atoms with Crippen molar-refractivity contribution >= 4 is 5.97 Å². The highest BCUT2D eigenvalue weighted by atomic mass is 16.5. The third-order valence-corrected chi connectivity index (χ3v) is 3.89. The minimum Gasteiger partial charge on any atom is -0.469 e. The second-order valence-corrected chi connectivity index (χ2v) is 5.15. The van der Waals surface area contributed by atoms with E-state index in [2.05, 4.69) is 37.4 Å². The van der Waals surface area contributed by atoms with Gasteiger partial charge in [0, 0.05) is 13.1 Å². The summed E-state index contributed by atoms with van der Waals surface area (Å²) in [6.45, 7) is 5.92. The van der Waals surface area contributed by atoms with Gasteiger partial charge in [0.1, 0.15) is 0 Å². The van der Waals surface area contributed by atoms with Gasteiger partial charge in [-0.2, -0.15) is 0 Å². The van der Waals surface area contributed by atoms with Gasteiger partial charge < -0.3 is 10.1 Å². The van der Waals surface area contributed by atoms with Gasteiger partial charge >= 0.3 is 5.97 Å². The van der Waals surface area contributed by atoms with Crippen LogP contribution in [0.1, 0.15) is 29.0 Å². The standard InChI is InChI=1S/C15H21NO2/c1-10-4-5-12(6-11(10)2)13-7-14(9-16-8-13)15(17)18-3/h4-6,13-14,16H,7-9H2,1-3H3. The van der Waals surface area contributed by atoms with Gasteiger partial charge in [-0.1, -0.05) is 18.2 Å². The number of nitrogens with one attached hydrogen (secondary N) is 1. The average Bonchev–Trinajstić information content (AvgIpc) is 2.41. The highest BCUT2D eigenvalue weighted by Crippen LogP contribution is 2.28. The van der Waals surface area contributed by atoms with E-state index in [1.165, 1.54) is 23.8 Å². The van der Waals surface area contributed by atoms with Crippen molar-refractivity contribution < 1.29 is 9.53 Å². The fourth-order valence-electron chi connectivity index (χ4n) is 2.56. The van der Waals surface area contributed by atoms with Crippen LogP contribution in [0.15, 0.2) is 18.2 Å². The molecule has 1 saturated heterocycles. The number of aryl methyl sites for hydroxylation is 2. The summed E-state index contributed by atoms with van der Waals surface area (Å²) in [6, 6.07) is 6.57. The van der Waals surface area contributed by atoms with E-state index in [0.29, 0.717) is 5.92 Å². The maximum absolute atomic E-state index is 11.6. The minimum absolute atomic E-state index is 0.0182. The lowest BCUT2D eigenvalue weighted by Gasteiger charge is -2.29. The molecule has 1 aliphatic heterocycles. The van der Waals surface area contributed by atoms with E-state index in [-0.39, 0.29) is 11.9 Å². The topological polar surface area (TPSA) is 38.3 Å². The van der Waals surface area contributed by atoms with Crippen molar-refractivity contribution in [3.05, 3.63) is 34.9 Å². The fourth-order valence-corrected chi connectivity index (χ4v) is 2.56. The Labute approximate surface area is 109 Å². The normalized spacial score (nSPS) is 23.7. The van der Waals surface area contributed by atoms with Crippen molar-refractivity contribution in [3.63, 3.8) is 0 Å². The Bertz CT molecular complexity index is 442. The number of hydrogen-bond donors (Lipinski definition) is 1. The molecule has 1 heterocycles. The number of methoxy groups -OCH3 is 1. The molecule has 0 aromatic heterocycles. The molecule has 18 heavy (non-hydrogen) atoms. The Morgan fingerprint density at radius 3 is 2.72 bits per heavy atom. The molecule has 1 N–H and O–H groups in total. The zero-order valence-corrected chi connectivity index (χ0v) is 11.3. The van der Waals surface area contributed by atoms with Gasteiger partial charge in [0.2, 0.25) is 0 Å². The third-order valence-electron chi connectivity index (χ3n) is 3.89. The van der Waals surface area contributed by atoms with Crippen molar-refractivity contribution in [1.82, 2.24) is 5.32 Å². The lowest BCUT2D eigenvalue weighted by molar-refractivity contribution is -0.146. The largest absolute Gasteiger partial charge is 0.469 e. The van der Waals surface area contributed by atoms with Crippen LogP contribution >= 0.6 is 0 Å². The zero-order chi connectivity index (χ0) is 13.1. The van der Waals surface area contributed by atoms with Crippen LogP contribution < -0.4 is 5.32 Å². The molecule has 2 atom stereocenters. The van der Waals surface area contributed by atoms with E-state index in [0.717, 1.165) is 19.5 Å². The lowest BCUT2D eigenvalue weighted by Crippen LogP contribution is -2.39. The summed E-state index contributed by atoms with van der Waals surface area (Å²) < 4.78 is 4.84. The summed E-state index contributed by atoms with van der Waals surface area (Å²) in [5.74, 6) is 0.286. The van der Waals surface area contributed by atoms with Gasteiger partial charge in [0.05, 0.1) is 13.0 Å². The van der Waals surface area contributed by atoms with Crippen LogP contribution in [0.5, 0.6) is 0 Å². The first kappa shape index (κ1) is 13.1. The predicted molar refractivity (Wildman–Crippen MR) is 71.6 cm³/mol. The van der Waals surface area contributed by atoms with Gasteiger partial charge in [-0.25, -0.2) is 0 Å². The van der Waals surface area contributed by atoms with Crippen LogP contribution in [-0.2, 0) is 9.53 Å². The van der Waals surface area contributed by atoms with E-state index < -0.39 is 0 Å². The number of ether oxygens (including phenoxy) is 1. The fraction of sp³-hybridized carbons (Fsp3) is 0.533. The van der Waals surface area contributed by atoms with E-state index in [4.69, 9.17) is 4.74 Å². The molecule has 2 rings (SSSR count). The van der Waals surface area contributed by atoms with Gasteiger partial charge in [0.25, 0.3) is 0 Å². The van der Waals surface area contributed by atoms with Gasteiger partial charge in [-0.15, -0.1) is 0 Å². The number of piperidine rings is 1. The summed E-state index contributed by atoms with van der Waals surface area (Å²) in [6.07, 6.45) is 0.877. The first-order valence-electron chi connectivity index (χ1n) is 6.47. The zero-order valence-electron chi connectivity index (χ0n) is 11.3. The Balaban J connectivity index is 2.13. The van der Waals surface area contributed by atoms with Crippen molar-refractivity contribution in [2.45, 2.75) is 26.2 Å². The third kappa shape index (κ3) is 2.72. The molecule has 3 heteroatoms. The lowest BCUT2D eigenvalue weighted by atomic mass is 9.84. The molecular weight excluding hydrogens is 226 g/mol. The van der Waals surface area contributed by atoms with Crippen LogP contribution in [0.2, 0.25) is 0 Å². The first-order valence-corrected chi connectivity index (χ1v) is 6.47. The highest BCUT2D eigenvalue weighted by Gasteiger charge is 2.28. The van der Waals surface area contributed by atoms with Gasteiger partial charge in [0.15, 0.2) is 0 Å². The summed E-state index contributed by atoms with van der Waals surface area (Å²) in [4.78, 5) is 11.6. The Morgan fingerprint density at radius 1 is 1.28 bits per heavy atom. The number of rotatable bonds is 2. The van der Waals surface area contributed by atoms with Crippen LogP contribution in [0, 0.1) is 19.8 Å². The Morgan fingerprint density at radius 2 is 2.06 bits per heavy atom. The summed E-state index contributed by atoms with van der Waals surface area (Å²) in [5, 5.41) is 3.33. The molecule has 1 aromatic carbocycles. The Hall–Kier alpha value is -1.35. The average molecular weight is 247 g/mol. The van der Waals surface area contributed by atoms with Crippen molar-refractivity contribution in [3.8, 4) is 0 Å². The number of esters is 1. The monoisotopic (exact) mass is 247 g/mol. The van der Waals surface area contributed by atoms with Crippen LogP contribution in [0.25, 0.3) is 0 Å². The maximum Gasteiger partial charge on any atom is 0.309 e. The molecule has 0 amide bonds. The first-order chi connectivity index (χ1) is 8.61. The van der Waals surface area contributed by atoms with Crippen molar-refractivity contribution in [1.29, 1.82) is 0 Å². The predicted octanol–water partition coefficient (Wildman–Crippen LogP) is 2.17. The molecule has 3 nitrogen and oxygen atoms in total. The van der Waals surface area contributed by atoms with Crippen molar-refractivity contribution in [2.24, 2.45) is 5.92 Å². The van der Waals surface area contributed by atoms with Gasteiger partial charge in [-0.3, -0.25) is 4.79 Å². The SMILES string of the molecule is COC(=O)C1CNCC(c2ccc(C)c(C)c2)C1. The van der Waals surface area contributed by atoms with Crippen LogP contribution in [-0.4, -0.2) is 26.2 Å². The number of carbonyl (C=O) groups is 1. The Kier molecular flexibility index (Phi) is 4.02. The van der Waals surface area contributed by atoms with Crippen LogP contribution in [0.3, 0.4) is 0 Å². The van der Waals surface area contributed by atoms with Gasteiger partial charge in [-0.05, 0) is 42.9 Å². The summed E-state index contributed by atoms with van der Waals surface area (Å²) in [5.41, 5.74) is 3.94. The molecule has 0 saturated carbocycles. The van der Waals surface area contributed by atoms with E-state index in [9.17, 15) is 4.79 Å². The molecule has 2 unspecified atom stereocenters. The molecule has 98 valence electrons. The number of carbonyl (C=O) groups excluding carboxylic acids is 1. The molecule has 0 bridgehead atoms. The number of hydrogen-bond acceptors (Lipinski definition) is 3. The quantitative estimate of drug-likeness (QED) is 0.814. The molecule has 1 aromatic rings. The molecule has 0 aliphatic carbocycles. The second kappa shape index (κ2) is 5.53.